The minimum Gasteiger partial charge on any atom is -0.504 e. The fourth-order valence-corrected chi connectivity index (χ4v) is 1.72. The van der Waals surface area contributed by atoms with Gasteiger partial charge in [0.05, 0.1) is 16.3 Å². The predicted octanol–water partition coefficient (Wildman–Crippen LogP) is 3.14. The van der Waals surface area contributed by atoms with Crippen LogP contribution in [-0.2, 0) is 0 Å². The van der Waals surface area contributed by atoms with Crippen LogP contribution in [0.2, 0.25) is 5.02 Å². The second kappa shape index (κ2) is 5.16. The Labute approximate surface area is 113 Å². The van der Waals surface area contributed by atoms with E-state index in [0.29, 0.717) is 0 Å². The first kappa shape index (κ1) is 13.2. The second-order valence-corrected chi connectivity index (χ2v) is 4.13. The lowest BCUT2D eigenvalue weighted by atomic mass is 10.1. The van der Waals surface area contributed by atoms with Crippen LogP contribution in [0.1, 0.15) is 10.4 Å². The molecule has 0 heterocycles. The number of amides is 1. The highest BCUT2D eigenvalue weighted by Gasteiger charge is 2.16. The standard InChI is InChI=1S/C13H9ClFNO3/c14-8-4-2-5-9(15)11(8)16-13(19)7-3-1-6-10(17)12(7)18/h1-6,17-18H,(H,16,19). The van der Waals surface area contributed by atoms with E-state index in [1.54, 1.807) is 0 Å². The average molecular weight is 282 g/mol. The molecule has 0 saturated carbocycles. The van der Waals surface area contributed by atoms with Gasteiger partial charge in [-0.25, -0.2) is 4.39 Å². The Morgan fingerprint density at radius 3 is 2.53 bits per heavy atom. The summed E-state index contributed by atoms with van der Waals surface area (Å²) in [6, 6.07) is 7.86. The molecule has 0 bridgehead atoms. The van der Waals surface area contributed by atoms with Gasteiger partial charge in [-0.2, -0.15) is 0 Å². The molecule has 2 aromatic rings. The zero-order valence-corrected chi connectivity index (χ0v) is 10.3. The van der Waals surface area contributed by atoms with Crippen molar-refractivity contribution in [3.05, 3.63) is 52.8 Å². The minimum absolute atomic E-state index is 0.0352. The van der Waals surface area contributed by atoms with Crippen molar-refractivity contribution < 1.29 is 19.4 Å². The summed E-state index contributed by atoms with van der Waals surface area (Å²) in [5.41, 5.74) is -0.365. The summed E-state index contributed by atoms with van der Waals surface area (Å²) < 4.78 is 13.5. The normalized spacial score (nSPS) is 10.2. The summed E-state index contributed by atoms with van der Waals surface area (Å²) in [5, 5.41) is 21.1. The molecule has 0 atom stereocenters. The summed E-state index contributed by atoms with van der Waals surface area (Å²) in [6.45, 7) is 0. The molecule has 3 N–H and O–H groups in total. The first-order valence-corrected chi connectivity index (χ1v) is 5.65. The number of para-hydroxylation sites is 2. The van der Waals surface area contributed by atoms with E-state index in [-0.39, 0.29) is 16.3 Å². The maximum atomic E-state index is 13.5. The van der Waals surface area contributed by atoms with E-state index in [1.165, 1.54) is 30.3 Å². The second-order valence-electron chi connectivity index (χ2n) is 3.72. The number of hydrogen-bond donors (Lipinski definition) is 3. The van der Waals surface area contributed by atoms with Gasteiger partial charge in [-0.1, -0.05) is 23.7 Å². The zero-order valence-electron chi connectivity index (χ0n) is 9.52. The third kappa shape index (κ3) is 2.61. The topological polar surface area (TPSA) is 69.6 Å². The van der Waals surface area contributed by atoms with Crippen molar-refractivity contribution >= 4 is 23.2 Å². The van der Waals surface area contributed by atoms with Crippen molar-refractivity contribution in [1.82, 2.24) is 0 Å². The van der Waals surface area contributed by atoms with Crippen LogP contribution in [0.25, 0.3) is 0 Å². The van der Waals surface area contributed by atoms with E-state index >= 15 is 0 Å². The van der Waals surface area contributed by atoms with Gasteiger partial charge in [-0.15, -0.1) is 0 Å². The first-order valence-electron chi connectivity index (χ1n) is 5.27. The molecule has 98 valence electrons. The highest BCUT2D eigenvalue weighted by molar-refractivity contribution is 6.34. The summed E-state index contributed by atoms with van der Waals surface area (Å²) in [7, 11) is 0. The van der Waals surface area contributed by atoms with Crippen LogP contribution >= 0.6 is 11.6 Å². The monoisotopic (exact) mass is 281 g/mol. The quantitative estimate of drug-likeness (QED) is 0.741. The van der Waals surface area contributed by atoms with Gasteiger partial charge in [0, 0.05) is 0 Å². The molecular weight excluding hydrogens is 273 g/mol. The molecular formula is C13H9ClFNO3. The molecule has 0 fully saturated rings. The molecule has 6 heteroatoms. The van der Waals surface area contributed by atoms with E-state index in [1.807, 2.05) is 0 Å². The van der Waals surface area contributed by atoms with Crippen LogP contribution in [0.5, 0.6) is 11.5 Å². The zero-order chi connectivity index (χ0) is 14.0. The lowest BCUT2D eigenvalue weighted by Gasteiger charge is -2.09. The molecule has 4 nitrogen and oxygen atoms in total. The Hall–Kier alpha value is -2.27. The van der Waals surface area contributed by atoms with Crippen LogP contribution in [0.3, 0.4) is 0 Å². The smallest absolute Gasteiger partial charge is 0.259 e. The molecule has 0 unspecified atom stereocenters. The number of benzene rings is 2. The average Bonchev–Trinajstić information content (AvgIpc) is 2.37. The highest BCUT2D eigenvalue weighted by Crippen LogP contribution is 2.30. The first-order chi connectivity index (χ1) is 9.00. The summed E-state index contributed by atoms with van der Waals surface area (Å²) in [6.07, 6.45) is 0. The van der Waals surface area contributed by atoms with Gasteiger partial charge in [-0.05, 0) is 24.3 Å². The highest BCUT2D eigenvalue weighted by atomic mass is 35.5. The molecule has 0 spiro atoms. The Balaban J connectivity index is 2.34. The molecule has 2 rings (SSSR count). The number of nitrogens with one attached hydrogen (secondary N) is 1. The number of aromatic hydroxyl groups is 2. The van der Waals surface area contributed by atoms with Gasteiger partial charge in [0.25, 0.3) is 5.91 Å². The third-order valence-corrected chi connectivity index (χ3v) is 2.78. The Kier molecular flexibility index (Phi) is 3.57. The number of hydrogen-bond acceptors (Lipinski definition) is 3. The summed E-state index contributed by atoms with van der Waals surface area (Å²) >= 11 is 5.77. The van der Waals surface area contributed by atoms with Gasteiger partial charge in [0.2, 0.25) is 0 Å². The number of carbonyl (C=O) groups is 1. The minimum atomic E-state index is -0.777. The molecule has 0 radical (unpaired) electrons. The van der Waals surface area contributed by atoms with Gasteiger partial charge in [0.1, 0.15) is 5.82 Å². The van der Waals surface area contributed by atoms with Gasteiger partial charge in [0.15, 0.2) is 11.5 Å². The van der Waals surface area contributed by atoms with Crippen molar-refractivity contribution in [2.24, 2.45) is 0 Å². The molecule has 0 saturated heterocycles. The van der Waals surface area contributed by atoms with Crippen LogP contribution in [0, 0.1) is 5.82 Å². The van der Waals surface area contributed by atoms with Gasteiger partial charge < -0.3 is 15.5 Å². The molecule has 2 aromatic carbocycles. The fraction of sp³-hybridized carbons (Fsp3) is 0. The molecule has 0 aliphatic rings. The lowest BCUT2D eigenvalue weighted by Crippen LogP contribution is -2.13. The van der Waals surface area contributed by atoms with Gasteiger partial charge >= 0.3 is 0 Å². The summed E-state index contributed by atoms with van der Waals surface area (Å²) in [4.78, 5) is 11.9. The number of anilines is 1. The van der Waals surface area contributed by atoms with Gasteiger partial charge in [-0.3, -0.25) is 4.79 Å². The summed E-state index contributed by atoms with van der Waals surface area (Å²) in [5.74, 6) is -2.49. The molecule has 0 aromatic heterocycles. The van der Waals surface area contributed by atoms with Crippen LogP contribution in [0.4, 0.5) is 10.1 Å². The van der Waals surface area contributed by atoms with Crippen LogP contribution in [-0.4, -0.2) is 16.1 Å². The third-order valence-electron chi connectivity index (χ3n) is 2.46. The Bertz CT molecular complexity index is 626. The van der Waals surface area contributed by atoms with E-state index in [0.717, 1.165) is 6.07 Å². The fourth-order valence-electron chi connectivity index (χ4n) is 1.51. The van der Waals surface area contributed by atoms with Crippen molar-refractivity contribution in [1.29, 1.82) is 0 Å². The molecule has 19 heavy (non-hydrogen) atoms. The van der Waals surface area contributed by atoms with Crippen LogP contribution in [0.15, 0.2) is 36.4 Å². The van der Waals surface area contributed by atoms with E-state index < -0.39 is 23.2 Å². The Morgan fingerprint density at radius 2 is 1.84 bits per heavy atom. The largest absolute Gasteiger partial charge is 0.504 e. The number of phenolic OH excluding ortho intramolecular Hbond substituents is 2. The molecule has 1 amide bonds. The van der Waals surface area contributed by atoms with Crippen molar-refractivity contribution in [2.45, 2.75) is 0 Å². The predicted molar refractivity (Wildman–Crippen MR) is 69.1 cm³/mol. The molecule has 0 aliphatic carbocycles. The number of phenols is 2. The van der Waals surface area contributed by atoms with Crippen LogP contribution < -0.4 is 5.32 Å². The van der Waals surface area contributed by atoms with Crippen molar-refractivity contribution in [2.75, 3.05) is 5.32 Å². The van der Waals surface area contributed by atoms with E-state index in [9.17, 15) is 19.4 Å². The van der Waals surface area contributed by atoms with Crippen molar-refractivity contribution in [3.63, 3.8) is 0 Å². The SMILES string of the molecule is O=C(Nc1c(F)cccc1Cl)c1cccc(O)c1O. The maximum Gasteiger partial charge on any atom is 0.259 e. The van der Waals surface area contributed by atoms with E-state index in [4.69, 9.17) is 11.6 Å². The number of carbonyl (C=O) groups excluding carboxylic acids is 1. The maximum absolute atomic E-state index is 13.5. The molecule has 0 aliphatic heterocycles. The van der Waals surface area contributed by atoms with E-state index in [2.05, 4.69) is 5.32 Å². The number of halogens is 2. The number of rotatable bonds is 2. The van der Waals surface area contributed by atoms with Crippen molar-refractivity contribution in [3.8, 4) is 11.5 Å². The Morgan fingerprint density at radius 1 is 1.16 bits per heavy atom. The lowest BCUT2D eigenvalue weighted by molar-refractivity contribution is 0.102.